The van der Waals surface area contributed by atoms with E-state index in [0.717, 1.165) is 16.0 Å². The molecule has 0 spiro atoms. The molecule has 4 rings (SSSR count). The average Bonchev–Trinajstić information content (AvgIpc) is 2.96. The van der Waals surface area contributed by atoms with Gasteiger partial charge in [-0.2, -0.15) is 0 Å². The summed E-state index contributed by atoms with van der Waals surface area (Å²) in [4.78, 5) is 27.9. The lowest BCUT2D eigenvalue weighted by atomic mass is 10.0. The van der Waals surface area contributed by atoms with E-state index < -0.39 is 17.6 Å². The molecule has 1 aliphatic heterocycles. The zero-order chi connectivity index (χ0) is 21.4. The summed E-state index contributed by atoms with van der Waals surface area (Å²) in [6.45, 7) is 3.66. The molecule has 1 aliphatic rings. The lowest BCUT2D eigenvalue weighted by molar-refractivity contribution is -0.120. The van der Waals surface area contributed by atoms with Crippen LogP contribution in [0.4, 0.5) is 15.8 Å². The number of nitrogens with one attached hydrogen (secondary N) is 1. The van der Waals surface area contributed by atoms with Gasteiger partial charge in [-0.3, -0.25) is 9.59 Å². The van der Waals surface area contributed by atoms with Crippen molar-refractivity contribution in [3.05, 3.63) is 100.0 Å². The fourth-order valence-corrected chi connectivity index (χ4v) is 3.62. The van der Waals surface area contributed by atoms with Crippen LogP contribution in [0.1, 0.15) is 16.7 Å². The maximum atomic E-state index is 13.5. The second-order valence-corrected chi connectivity index (χ2v) is 7.43. The number of hydrogen-bond donors (Lipinski definition) is 1. The lowest BCUT2D eigenvalue weighted by Crippen LogP contribution is -2.33. The quantitative estimate of drug-likeness (QED) is 0.567. The van der Waals surface area contributed by atoms with Crippen LogP contribution in [0, 0.1) is 19.7 Å². The van der Waals surface area contributed by atoms with Crippen molar-refractivity contribution in [2.45, 2.75) is 13.8 Å². The largest absolute Gasteiger partial charge is 0.350 e. The smallest absolute Gasteiger partial charge is 0.282 e. The number of carbonyl (C=O) groups is 2. The first-order valence-electron chi connectivity index (χ1n) is 9.35. The maximum absolute atomic E-state index is 13.5. The van der Waals surface area contributed by atoms with E-state index in [0.29, 0.717) is 22.0 Å². The number of carbonyl (C=O) groups excluding carboxylic acids is 2. The zero-order valence-corrected chi connectivity index (χ0v) is 17.1. The molecule has 1 heterocycles. The van der Waals surface area contributed by atoms with Crippen molar-refractivity contribution in [2.75, 3.05) is 10.2 Å². The Bertz CT molecular complexity index is 1200. The van der Waals surface area contributed by atoms with Gasteiger partial charge >= 0.3 is 0 Å². The minimum absolute atomic E-state index is 0.125. The van der Waals surface area contributed by atoms with Gasteiger partial charge in [0.25, 0.3) is 11.8 Å². The maximum Gasteiger partial charge on any atom is 0.282 e. The minimum Gasteiger partial charge on any atom is -0.350 e. The van der Waals surface area contributed by atoms with E-state index >= 15 is 0 Å². The van der Waals surface area contributed by atoms with Gasteiger partial charge in [-0.15, -0.1) is 0 Å². The van der Waals surface area contributed by atoms with Gasteiger partial charge in [0.1, 0.15) is 11.5 Å². The summed E-state index contributed by atoms with van der Waals surface area (Å²) in [6.07, 6.45) is 0. The van der Waals surface area contributed by atoms with E-state index in [4.69, 9.17) is 11.6 Å². The van der Waals surface area contributed by atoms with E-state index in [1.54, 1.807) is 30.3 Å². The summed E-state index contributed by atoms with van der Waals surface area (Å²) < 4.78 is 13.5. The molecule has 0 saturated carbocycles. The Morgan fingerprint density at radius 3 is 2.27 bits per heavy atom. The third-order valence-corrected chi connectivity index (χ3v) is 5.51. The number of aryl methyl sites for hydroxylation is 1. The Hall–Kier alpha value is -3.44. The highest BCUT2D eigenvalue weighted by molar-refractivity contribution is 6.46. The summed E-state index contributed by atoms with van der Waals surface area (Å²) in [7, 11) is 0. The number of nitrogens with zero attached hydrogens (tertiary/aromatic N) is 1. The first-order valence-corrected chi connectivity index (χ1v) is 9.73. The topological polar surface area (TPSA) is 49.4 Å². The van der Waals surface area contributed by atoms with Crippen molar-refractivity contribution >= 4 is 40.4 Å². The van der Waals surface area contributed by atoms with Gasteiger partial charge < -0.3 is 5.32 Å². The molecule has 0 saturated heterocycles. The first-order chi connectivity index (χ1) is 14.4. The van der Waals surface area contributed by atoms with Crippen molar-refractivity contribution in [3.8, 4) is 0 Å². The van der Waals surface area contributed by atoms with Gasteiger partial charge in [-0.05, 0) is 60.9 Å². The predicted molar refractivity (Wildman–Crippen MR) is 117 cm³/mol. The molecule has 0 aliphatic carbocycles. The molecule has 0 atom stereocenters. The fourth-order valence-electron chi connectivity index (χ4n) is 3.44. The highest BCUT2D eigenvalue weighted by Gasteiger charge is 2.40. The molecule has 0 bridgehead atoms. The summed E-state index contributed by atoms with van der Waals surface area (Å²) in [5, 5.41) is 3.64. The van der Waals surface area contributed by atoms with Crippen molar-refractivity contribution in [1.82, 2.24) is 0 Å². The number of para-hydroxylation sites is 1. The van der Waals surface area contributed by atoms with Crippen LogP contribution >= 0.6 is 11.6 Å². The molecule has 6 heteroatoms. The molecule has 0 radical (unpaired) electrons. The van der Waals surface area contributed by atoms with Crippen LogP contribution in [0.5, 0.6) is 0 Å². The van der Waals surface area contributed by atoms with E-state index in [2.05, 4.69) is 5.32 Å². The Morgan fingerprint density at radius 1 is 0.867 bits per heavy atom. The number of hydrogen-bond acceptors (Lipinski definition) is 3. The van der Waals surface area contributed by atoms with Crippen LogP contribution in [0.25, 0.3) is 5.57 Å². The van der Waals surface area contributed by atoms with E-state index in [1.165, 1.54) is 24.3 Å². The number of benzene rings is 3. The highest BCUT2D eigenvalue weighted by atomic mass is 35.5. The monoisotopic (exact) mass is 420 g/mol. The molecule has 150 valence electrons. The van der Waals surface area contributed by atoms with Gasteiger partial charge in [0, 0.05) is 10.7 Å². The van der Waals surface area contributed by atoms with Gasteiger partial charge in [-0.25, -0.2) is 9.29 Å². The Balaban J connectivity index is 1.87. The molecule has 0 fully saturated rings. The zero-order valence-electron chi connectivity index (χ0n) is 16.4. The summed E-state index contributed by atoms with van der Waals surface area (Å²) in [6, 6.07) is 18.0. The number of halogens is 2. The van der Waals surface area contributed by atoms with Gasteiger partial charge in [0.15, 0.2) is 0 Å². The van der Waals surface area contributed by atoms with Crippen molar-refractivity contribution < 1.29 is 14.0 Å². The molecule has 30 heavy (non-hydrogen) atoms. The average molecular weight is 421 g/mol. The molecule has 2 amide bonds. The van der Waals surface area contributed by atoms with Crippen LogP contribution in [0.3, 0.4) is 0 Å². The Morgan fingerprint density at radius 2 is 1.57 bits per heavy atom. The highest BCUT2D eigenvalue weighted by Crippen LogP contribution is 2.36. The predicted octanol–water partition coefficient (Wildman–Crippen LogP) is 5.49. The molecule has 3 aromatic carbocycles. The van der Waals surface area contributed by atoms with E-state index in [1.807, 2.05) is 26.0 Å². The molecule has 3 aromatic rings. The van der Waals surface area contributed by atoms with E-state index in [-0.39, 0.29) is 11.3 Å². The molecule has 4 nitrogen and oxygen atoms in total. The molecular weight excluding hydrogens is 403 g/mol. The van der Waals surface area contributed by atoms with Crippen LogP contribution < -0.4 is 10.2 Å². The van der Waals surface area contributed by atoms with Gasteiger partial charge in [-0.1, -0.05) is 48.0 Å². The standard InChI is InChI=1S/C24H18ClFN2O2/c1-14-6-3-4-9-20(14)28-23(29)21(16-10-12-17(26)13-11-16)22(24(28)30)27-19-8-5-7-18(25)15(19)2/h3-13,27H,1-2H3. The first kappa shape index (κ1) is 19.9. The second-order valence-electron chi connectivity index (χ2n) is 7.03. The van der Waals surface area contributed by atoms with Crippen molar-refractivity contribution in [1.29, 1.82) is 0 Å². The van der Waals surface area contributed by atoms with Crippen molar-refractivity contribution in [2.24, 2.45) is 0 Å². The van der Waals surface area contributed by atoms with Crippen LogP contribution in [0.15, 0.2) is 72.4 Å². The van der Waals surface area contributed by atoms with Gasteiger partial charge in [0.2, 0.25) is 0 Å². The van der Waals surface area contributed by atoms with Gasteiger partial charge in [0.05, 0.1) is 11.3 Å². The van der Waals surface area contributed by atoms with Crippen molar-refractivity contribution in [3.63, 3.8) is 0 Å². The number of amides is 2. The summed E-state index contributed by atoms with van der Waals surface area (Å²) in [5.41, 5.74) is 3.42. The van der Waals surface area contributed by atoms with Crippen LogP contribution in [0.2, 0.25) is 5.02 Å². The fraction of sp³-hybridized carbons (Fsp3) is 0.0833. The molecule has 0 aromatic heterocycles. The SMILES string of the molecule is Cc1ccccc1N1C(=O)C(Nc2cccc(Cl)c2C)=C(c2ccc(F)cc2)C1=O. The number of imide groups is 1. The molecule has 1 N–H and O–H groups in total. The Labute approximate surface area is 178 Å². The minimum atomic E-state index is -0.479. The third-order valence-electron chi connectivity index (χ3n) is 5.10. The number of anilines is 2. The van der Waals surface area contributed by atoms with Crippen LogP contribution in [-0.4, -0.2) is 11.8 Å². The van der Waals surface area contributed by atoms with E-state index in [9.17, 15) is 14.0 Å². The third kappa shape index (κ3) is 3.37. The Kier molecular flexibility index (Phi) is 5.14. The molecular formula is C24H18ClFN2O2. The second kappa shape index (κ2) is 7.76. The molecule has 0 unspecified atom stereocenters. The normalized spacial score (nSPS) is 13.9. The van der Waals surface area contributed by atoms with Crippen LogP contribution in [-0.2, 0) is 9.59 Å². The number of rotatable bonds is 4. The summed E-state index contributed by atoms with van der Waals surface area (Å²) >= 11 is 6.22. The summed E-state index contributed by atoms with van der Waals surface area (Å²) in [5.74, 6) is -1.37. The lowest BCUT2D eigenvalue weighted by Gasteiger charge is -2.18.